The average Bonchev–Trinajstić information content (AvgIpc) is 2.88. The van der Waals surface area contributed by atoms with Crippen molar-refractivity contribution >= 4 is 29.1 Å². The van der Waals surface area contributed by atoms with Gasteiger partial charge in [0.25, 0.3) is 5.91 Å². The lowest BCUT2D eigenvalue weighted by Gasteiger charge is -2.38. The molecular formula is C29H39ClN4O3. The maximum Gasteiger partial charge on any atom is 0.257 e. The molecule has 2 aliphatic rings. The van der Waals surface area contributed by atoms with E-state index in [4.69, 9.17) is 16.3 Å². The molecule has 0 bridgehead atoms. The molecule has 1 fully saturated rings. The first-order valence-corrected chi connectivity index (χ1v) is 13.7. The number of rotatable bonds is 7. The number of hydrogen-bond acceptors (Lipinski definition) is 5. The predicted molar refractivity (Wildman–Crippen MR) is 148 cm³/mol. The molecule has 1 saturated heterocycles. The summed E-state index contributed by atoms with van der Waals surface area (Å²) in [5.41, 5.74) is 2.10. The number of para-hydroxylation sites is 1. The van der Waals surface area contributed by atoms with E-state index in [0.717, 1.165) is 36.5 Å². The van der Waals surface area contributed by atoms with Gasteiger partial charge in [0.1, 0.15) is 6.10 Å². The number of amides is 2. The van der Waals surface area contributed by atoms with Crippen LogP contribution in [0.3, 0.4) is 0 Å². The van der Waals surface area contributed by atoms with Gasteiger partial charge < -0.3 is 20.3 Å². The van der Waals surface area contributed by atoms with E-state index >= 15 is 0 Å². The Morgan fingerprint density at radius 2 is 1.92 bits per heavy atom. The van der Waals surface area contributed by atoms with Crippen molar-refractivity contribution in [2.45, 2.75) is 52.3 Å². The number of benzene rings is 2. The Bertz CT molecular complexity index is 1100. The highest BCUT2D eigenvalue weighted by atomic mass is 35.5. The lowest BCUT2D eigenvalue weighted by atomic mass is 9.96. The maximum atomic E-state index is 13.6. The van der Waals surface area contributed by atoms with Gasteiger partial charge in [0, 0.05) is 42.5 Å². The van der Waals surface area contributed by atoms with Crippen LogP contribution in [0.5, 0.6) is 5.75 Å². The lowest BCUT2D eigenvalue weighted by Crippen LogP contribution is -2.48. The van der Waals surface area contributed by atoms with Crippen LogP contribution in [-0.2, 0) is 11.3 Å². The topological polar surface area (TPSA) is 73.9 Å². The SMILES string of the molecule is CC(C)N1C[C@H](C)[C@@H](CN(C)Cc2ccccc2Cl)Oc2c(NC(=O)C3CCNCC3)cccc2C1=O. The van der Waals surface area contributed by atoms with Crippen LogP contribution in [-0.4, -0.2) is 67.0 Å². The zero-order valence-electron chi connectivity index (χ0n) is 22.3. The molecule has 8 heteroatoms. The van der Waals surface area contributed by atoms with Gasteiger partial charge in [-0.1, -0.05) is 42.8 Å². The molecule has 0 radical (unpaired) electrons. The van der Waals surface area contributed by atoms with Crippen molar-refractivity contribution < 1.29 is 14.3 Å². The lowest BCUT2D eigenvalue weighted by molar-refractivity contribution is -0.120. The summed E-state index contributed by atoms with van der Waals surface area (Å²) >= 11 is 6.41. The van der Waals surface area contributed by atoms with Crippen LogP contribution in [0.25, 0.3) is 0 Å². The van der Waals surface area contributed by atoms with Crippen molar-refractivity contribution in [3.8, 4) is 5.75 Å². The number of piperidine rings is 1. The standard InChI is InChI=1S/C29H39ClN4O3/c1-19(2)34-16-20(3)26(18-33(4)17-22-8-5-6-10-24(22)30)37-27-23(29(34)36)9-7-11-25(27)32-28(35)21-12-14-31-15-13-21/h5-11,19-21,26,31H,12-18H2,1-4H3,(H,32,35)/t20-,26+/m0/s1. The second-order valence-corrected chi connectivity index (χ2v) is 11.1. The van der Waals surface area contributed by atoms with E-state index in [0.29, 0.717) is 36.6 Å². The van der Waals surface area contributed by atoms with Gasteiger partial charge in [-0.05, 0) is 70.6 Å². The fourth-order valence-electron chi connectivity index (χ4n) is 5.13. The van der Waals surface area contributed by atoms with E-state index in [9.17, 15) is 9.59 Å². The van der Waals surface area contributed by atoms with Gasteiger partial charge in [-0.2, -0.15) is 0 Å². The molecule has 37 heavy (non-hydrogen) atoms. The van der Waals surface area contributed by atoms with E-state index < -0.39 is 0 Å². The fourth-order valence-corrected chi connectivity index (χ4v) is 5.33. The van der Waals surface area contributed by atoms with E-state index in [2.05, 4.69) is 29.5 Å². The highest BCUT2D eigenvalue weighted by Gasteiger charge is 2.34. The van der Waals surface area contributed by atoms with E-state index in [-0.39, 0.29) is 35.8 Å². The number of halogens is 1. The van der Waals surface area contributed by atoms with Crippen LogP contribution in [0.1, 0.15) is 49.5 Å². The third kappa shape index (κ3) is 6.64. The Morgan fingerprint density at radius 3 is 2.62 bits per heavy atom. The molecule has 2 aromatic rings. The molecule has 2 N–H and O–H groups in total. The van der Waals surface area contributed by atoms with Gasteiger partial charge in [0.15, 0.2) is 5.75 Å². The Labute approximate surface area is 225 Å². The zero-order valence-corrected chi connectivity index (χ0v) is 23.1. The van der Waals surface area contributed by atoms with Crippen molar-refractivity contribution in [2.75, 3.05) is 38.5 Å². The molecule has 2 aromatic carbocycles. The van der Waals surface area contributed by atoms with Gasteiger partial charge >= 0.3 is 0 Å². The van der Waals surface area contributed by atoms with Crippen molar-refractivity contribution in [2.24, 2.45) is 11.8 Å². The zero-order chi connectivity index (χ0) is 26.5. The van der Waals surface area contributed by atoms with Crippen molar-refractivity contribution in [3.63, 3.8) is 0 Å². The number of carbonyl (C=O) groups is 2. The third-order valence-corrected chi connectivity index (χ3v) is 7.74. The van der Waals surface area contributed by atoms with Gasteiger partial charge in [0.2, 0.25) is 5.91 Å². The minimum atomic E-state index is -0.197. The van der Waals surface area contributed by atoms with Crippen LogP contribution in [0.4, 0.5) is 5.69 Å². The smallest absolute Gasteiger partial charge is 0.257 e. The molecule has 2 atom stereocenters. The molecular weight excluding hydrogens is 488 g/mol. The summed E-state index contributed by atoms with van der Waals surface area (Å²) in [7, 11) is 2.05. The largest absolute Gasteiger partial charge is 0.486 e. The molecule has 2 amide bonds. The van der Waals surface area contributed by atoms with Gasteiger partial charge in [-0.25, -0.2) is 0 Å². The van der Waals surface area contributed by atoms with Gasteiger partial charge in [-0.3, -0.25) is 14.5 Å². The molecule has 0 spiro atoms. The maximum absolute atomic E-state index is 13.6. The molecule has 2 heterocycles. The first-order chi connectivity index (χ1) is 17.7. The fraction of sp³-hybridized carbons (Fsp3) is 0.517. The Morgan fingerprint density at radius 1 is 1.19 bits per heavy atom. The normalized spacial score (nSPS) is 20.8. The number of carbonyl (C=O) groups excluding carboxylic acids is 2. The number of anilines is 1. The summed E-state index contributed by atoms with van der Waals surface area (Å²) in [4.78, 5) is 30.8. The molecule has 200 valence electrons. The third-order valence-electron chi connectivity index (χ3n) is 7.38. The number of likely N-dealkylation sites (N-methyl/N-ethyl adjacent to an activating group) is 1. The van der Waals surface area contributed by atoms with E-state index in [1.807, 2.05) is 55.1 Å². The minimum Gasteiger partial charge on any atom is -0.486 e. The highest BCUT2D eigenvalue weighted by molar-refractivity contribution is 6.31. The first-order valence-electron chi connectivity index (χ1n) is 13.3. The van der Waals surface area contributed by atoms with Crippen LogP contribution in [0.15, 0.2) is 42.5 Å². The quantitative estimate of drug-likeness (QED) is 0.549. The molecule has 0 unspecified atom stereocenters. The van der Waals surface area contributed by atoms with Gasteiger partial charge in [-0.15, -0.1) is 0 Å². The van der Waals surface area contributed by atoms with Crippen LogP contribution in [0, 0.1) is 11.8 Å². The van der Waals surface area contributed by atoms with E-state index in [1.165, 1.54) is 0 Å². The molecule has 0 aliphatic carbocycles. The number of nitrogens with one attached hydrogen (secondary N) is 2. The summed E-state index contributed by atoms with van der Waals surface area (Å²) in [5, 5.41) is 7.14. The first kappa shape index (κ1) is 27.4. The average molecular weight is 527 g/mol. The van der Waals surface area contributed by atoms with Crippen LogP contribution >= 0.6 is 11.6 Å². The minimum absolute atomic E-state index is 0.0193. The Hall–Kier alpha value is -2.61. The number of ether oxygens (including phenoxy) is 1. The number of nitrogens with zero attached hydrogens (tertiary/aromatic N) is 2. The van der Waals surface area contributed by atoms with E-state index in [1.54, 1.807) is 6.07 Å². The number of hydrogen-bond donors (Lipinski definition) is 2. The summed E-state index contributed by atoms with van der Waals surface area (Å²) < 4.78 is 6.66. The summed E-state index contributed by atoms with van der Waals surface area (Å²) in [6, 6.07) is 13.3. The highest BCUT2D eigenvalue weighted by Crippen LogP contribution is 2.35. The Kier molecular flexibility index (Phi) is 9.11. The molecule has 4 rings (SSSR count). The molecule has 0 saturated carbocycles. The monoisotopic (exact) mass is 526 g/mol. The Balaban J connectivity index is 1.62. The van der Waals surface area contributed by atoms with Crippen molar-refractivity contribution in [1.82, 2.24) is 15.1 Å². The van der Waals surface area contributed by atoms with Crippen molar-refractivity contribution in [1.29, 1.82) is 0 Å². The number of fused-ring (bicyclic) bond motifs is 1. The predicted octanol–water partition coefficient (Wildman–Crippen LogP) is 4.66. The molecule has 0 aromatic heterocycles. The van der Waals surface area contributed by atoms with Gasteiger partial charge in [0.05, 0.1) is 11.3 Å². The second-order valence-electron chi connectivity index (χ2n) is 10.7. The summed E-state index contributed by atoms with van der Waals surface area (Å²) in [6.45, 7) is 9.77. The summed E-state index contributed by atoms with van der Waals surface area (Å²) in [5.74, 6) is 0.390. The summed E-state index contributed by atoms with van der Waals surface area (Å²) in [6.07, 6.45) is 1.40. The molecule has 7 nitrogen and oxygen atoms in total. The van der Waals surface area contributed by atoms with Crippen molar-refractivity contribution in [3.05, 3.63) is 58.6 Å². The molecule has 2 aliphatic heterocycles. The van der Waals surface area contributed by atoms with Crippen LogP contribution in [0.2, 0.25) is 5.02 Å². The van der Waals surface area contributed by atoms with Crippen LogP contribution < -0.4 is 15.4 Å². The second kappa shape index (κ2) is 12.3.